The van der Waals surface area contributed by atoms with Crippen molar-refractivity contribution >= 4 is 22.5 Å². The van der Waals surface area contributed by atoms with Gasteiger partial charge in [0.05, 0.1) is 40.1 Å². The Balaban J connectivity index is 1.57. The molecule has 2 fully saturated rings. The molecule has 0 bridgehead atoms. The molecule has 2 aliphatic rings. The first-order chi connectivity index (χ1) is 16.9. The van der Waals surface area contributed by atoms with E-state index in [1.807, 2.05) is 32.0 Å². The number of rotatable bonds is 5. The maximum absolute atomic E-state index is 13.7. The summed E-state index contributed by atoms with van der Waals surface area (Å²) in [5.41, 5.74) is 5.97. The van der Waals surface area contributed by atoms with Gasteiger partial charge >= 0.3 is 0 Å². The molecule has 2 aromatic heterocycles. The zero-order valence-electron chi connectivity index (χ0n) is 20.6. The van der Waals surface area contributed by atoms with Gasteiger partial charge in [0.15, 0.2) is 0 Å². The van der Waals surface area contributed by atoms with Gasteiger partial charge in [0.25, 0.3) is 5.91 Å². The fraction of sp³-hybridized carbons (Fsp3) is 0.429. The van der Waals surface area contributed by atoms with Crippen LogP contribution in [0.25, 0.3) is 10.9 Å². The van der Waals surface area contributed by atoms with Gasteiger partial charge in [-0.15, -0.1) is 0 Å². The van der Waals surface area contributed by atoms with Crippen LogP contribution in [-0.2, 0) is 0 Å². The normalized spacial score (nSPS) is 19.1. The summed E-state index contributed by atoms with van der Waals surface area (Å²) in [7, 11) is 0. The molecule has 5 rings (SSSR count). The number of nitrogens with one attached hydrogen (secondary N) is 2. The number of benzene rings is 1. The van der Waals surface area contributed by atoms with Gasteiger partial charge in [0, 0.05) is 48.9 Å². The minimum atomic E-state index is -0.244. The molecule has 2 atom stereocenters. The molecule has 0 spiro atoms. The topological polar surface area (TPSA) is 93.9 Å². The number of hydrogen-bond acceptors (Lipinski definition) is 6. The minimum Gasteiger partial charge on any atom is -0.369 e. The second-order valence-corrected chi connectivity index (χ2v) is 9.90. The van der Waals surface area contributed by atoms with E-state index in [4.69, 9.17) is 9.97 Å². The lowest BCUT2D eigenvalue weighted by atomic mass is 10.0. The Morgan fingerprint density at radius 3 is 2.86 bits per heavy atom. The summed E-state index contributed by atoms with van der Waals surface area (Å²) in [6, 6.07) is 11.8. The number of pyridine rings is 2. The van der Waals surface area contributed by atoms with Gasteiger partial charge in [0.2, 0.25) is 0 Å². The summed E-state index contributed by atoms with van der Waals surface area (Å²) in [6.07, 6.45) is 5.03. The molecule has 1 amide bonds. The van der Waals surface area contributed by atoms with E-state index in [0.717, 1.165) is 72.4 Å². The molecule has 1 aliphatic carbocycles. The summed E-state index contributed by atoms with van der Waals surface area (Å²) in [5.74, 6) is 0.313. The van der Waals surface area contributed by atoms with Crippen molar-refractivity contribution < 1.29 is 4.79 Å². The molecular weight excluding hydrogens is 436 g/mol. The van der Waals surface area contributed by atoms with Gasteiger partial charge in [-0.2, -0.15) is 5.26 Å². The third-order valence-electron chi connectivity index (χ3n) is 7.08. The fourth-order valence-corrected chi connectivity index (χ4v) is 4.96. The van der Waals surface area contributed by atoms with Crippen molar-refractivity contribution in [1.82, 2.24) is 20.6 Å². The molecule has 0 unspecified atom stereocenters. The Hall–Kier alpha value is -3.50. The standard InChI is InChI=1S/C28H32N6O/c1-17-9-11-34(12-10-30-17)27-23-13-18(2)32-25(21-7-8-21)26(23)31-16-24(27)28(35)33-19(3)22-6-4-5-20(14-22)15-29/h4-6,13-14,16-17,19,21,30H,7-12H2,1-3H3,(H,33,35)/t17-,19-/m0/s1. The lowest BCUT2D eigenvalue weighted by Crippen LogP contribution is -2.33. The van der Waals surface area contributed by atoms with Crippen molar-refractivity contribution in [3.63, 3.8) is 0 Å². The minimum absolute atomic E-state index is 0.156. The average Bonchev–Trinajstić information content (AvgIpc) is 3.71. The molecule has 7 heteroatoms. The van der Waals surface area contributed by atoms with Crippen molar-refractivity contribution in [2.24, 2.45) is 0 Å². The second-order valence-electron chi connectivity index (χ2n) is 9.90. The summed E-state index contributed by atoms with van der Waals surface area (Å²) < 4.78 is 0. The first-order valence-electron chi connectivity index (χ1n) is 12.5. The molecule has 1 aliphatic heterocycles. The number of amides is 1. The number of aromatic nitrogens is 2. The largest absolute Gasteiger partial charge is 0.369 e. The van der Waals surface area contributed by atoms with Crippen LogP contribution in [0.1, 0.15) is 77.9 Å². The van der Waals surface area contributed by atoms with Gasteiger partial charge in [-0.25, -0.2) is 0 Å². The lowest BCUT2D eigenvalue weighted by molar-refractivity contribution is 0.0940. The van der Waals surface area contributed by atoms with Crippen LogP contribution in [0, 0.1) is 18.3 Å². The Bertz CT molecular complexity index is 1310. The van der Waals surface area contributed by atoms with Crippen molar-refractivity contribution in [2.75, 3.05) is 24.5 Å². The van der Waals surface area contributed by atoms with Crippen molar-refractivity contribution in [3.8, 4) is 6.07 Å². The van der Waals surface area contributed by atoms with Crippen LogP contribution >= 0.6 is 0 Å². The lowest BCUT2D eigenvalue weighted by Gasteiger charge is -2.27. The predicted molar refractivity (Wildman–Crippen MR) is 138 cm³/mol. The zero-order chi connectivity index (χ0) is 24.5. The molecule has 1 saturated carbocycles. The molecule has 35 heavy (non-hydrogen) atoms. The fourth-order valence-electron chi connectivity index (χ4n) is 4.96. The van der Waals surface area contributed by atoms with E-state index in [-0.39, 0.29) is 11.9 Å². The Morgan fingerprint density at radius 2 is 2.09 bits per heavy atom. The second kappa shape index (κ2) is 9.63. The molecule has 7 nitrogen and oxygen atoms in total. The third kappa shape index (κ3) is 4.85. The molecule has 0 radical (unpaired) electrons. The number of hydrogen-bond donors (Lipinski definition) is 2. The van der Waals surface area contributed by atoms with E-state index >= 15 is 0 Å². The quantitative estimate of drug-likeness (QED) is 0.578. The van der Waals surface area contributed by atoms with Crippen molar-refractivity contribution in [1.29, 1.82) is 5.26 Å². The van der Waals surface area contributed by atoms with Crippen LogP contribution in [-0.4, -0.2) is 41.6 Å². The molecule has 3 heterocycles. The van der Waals surface area contributed by atoms with E-state index < -0.39 is 0 Å². The van der Waals surface area contributed by atoms with Gasteiger partial charge in [-0.1, -0.05) is 12.1 Å². The Labute approximate surface area is 206 Å². The number of fused-ring (bicyclic) bond motifs is 1. The number of anilines is 1. The smallest absolute Gasteiger partial charge is 0.255 e. The number of carbonyl (C=O) groups is 1. The monoisotopic (exact) mass is 468 g/mol. The highest BCUT2D eigenvalue weighted by molar-refractivity contribution is 6.08. The van der Waals surface area contributed by atoms with E-state index in [1.165, 1.54) is 0 Å². The SMILES string of the molecule is Cc1cc2c(N3CCN[C@@H](C)CC3)c(C(=O)N[C@@H](C)c3cccc(C#N)c3)cnc2c(C2CC2)n1. The number of aryl methyl sites for hydroxylation is 1. The van der Waals surface area contributed by atoms with Gasteiger partial charge in [-0.05, 0) is 63.8 Å². The average molecular weight is 469 g/mol. The van der Waals surface area contributed by atoms with Crippen LogP contribution < -0.4 is 15.5 Å². The van der Waals surface area contributed by atoms with Crippen molar-refractivity contribution in [3.05, 3.63) is 64.6 Å². The first kappa shape index (κ1) is 23.3. The molecule has 180 valence electrons. The van der Waals surface area contributed by atoms with Crippen LogP contribution in [0.5, 0.6) is 0 Å². The van der Waals surface area contributed by atoms with Crippen LogP contribution in [0.3, 0.4) is 0 Å². The Morgan fingerprint density at radius 1 is 1.26 bits per heavy atom. The van der Waals surface area contributed by atoms with Crippen molar-refractivity contribution in [2.45, 2.75) is 58.0 Å². The zero-order valence-corrected chi connectivity index (χ0v) is 20.6. The number of carbonyl (C=O) groups excluding carboxylic acids is 1. The summed E-state index contributed by atoms with van der Waals surface area (Å²) in [5, 5.41) is 17.0. The Kier molecular flexibility index (Phi) is 6.40. The van der Waals surface area contributed by atoms with Gasteiger partial charge in [-0.3, -0.25) is 14.8 Å². The van der Waals surface area contributed by atoms with Crippen LogP contribution in [0.2, 0.25) is 0 Å². The van der Waals surface area contributed by atoms with Gasteiger partial charge in [0.1, 0.15) is 0 Å². The maximum atomic E-state index is 13.7. The van der Waals surface area contributed by atoms with Gasteiger partial charge < -0.3 is 15.5 Å². The van der Waals surface area contributed by atoms with Crippen LogP contribution in [0.15, 0.2) is 36.5 Å². The maximum Gasteiger partial charge on any atom is 0.255 e. The van der Waals surface area contributed by atoms with E-state index in [1.54, 1.807) is 12.3 Å². The molecule has 1 saturated heterocycles. The van der Waals surface area contributed by atoms with E-state index in [2.05, 4.69) is 34.6 Å². The highest BCUT2D eigenvalue weighted by Crippen LogP contribution is 2.43. The molecule has 2 N–H and O–H groups in total. The summed E-state index contributed by atoms with van der Waals surface area (Å²) in [4.78, 5) is 25.7. The molecule has 3 aromatic rings. The molecule has 1 aromatic carbocycles. The van der Waals surface area contributed by atoms with E-state index in [0.29, 0.717) is 23.1 Å². The number of nitrogens with zero attached hydrogens (tertiary/aromatic N) is 4. The highest BCUT2D eigenvalue weighted by atomic mass is 16.1. The first-order valence-corrected chi connectivity index (χ1v) is 12.5. The van der Waals surface area contributed by atoms with Crippen LogP contribution in [0.4, 0.5) is 5.69 Å². The van der Waals surface area contributed by atoms with E-state index in [9.17, 15) is 10.1 Å². The number of nitriles is 1. The highest BCUT2D eigenvalue weighted by Gasteiger charge is 2.30. The third-order valence-corrected chi connectivity index (χ3v) is 7.08. The molecular formula is C28H32N6O. The summed E-state index contributed by atoms with van der Waals surface area (Å²) >= 11 is 0. The predicted octanol–water partition coefficient (Wildman–Crippen LogP) is 4.37. The summed E-state index contributed by atoms with van der Waals surface area (Å²) in [6.45, 7) is 8.73.